The van der Waals surface area contributed by atoms with Gasteiger partial charge in [-0.2, -0.15) is 0 Å². The van der Waals surface area contributed by atoms with Crippen molar-refractivity contribution >= 4 is 35.1 Å². The summed E-state index contributed by atoms with van der Waals surface area (Å²) in [6.07, 6.45) is 6.55. The van der Waals surface area contributed by atoms with Crippen LogP contribution in [0.5, 0.6) is 0 Å². The number of aromatic carboxylic acids is 2. The molecule has 0 unspecified atom stereocenters. The topological polar surface area (TPSA) is 133 Å². The number of carboxylic acids is 2. The van der Waals surface area contributed by atoms with Gasteiger partial charge < -0.3 is 20.8 Å². The van der Waals surface area contributed by atoms with Crippen LogP contribution < -0.4 is 10.6 Å². The molecule has 3 rings (SSSR count). The Morgan fingerprint density at radius 2 is 1.18 bits per heavy atom. The number of allylic oxidation sites excluding steroid dienone is 2. The van der Waals surface area contributed by atoms with Crippen molar-refractivity contribution in [2.45, 2.75) is 20.3 Å². The van der Waals surface area contributed by atoms with Crippen molar-refractivity contribution in [2.75, 3.05) is 10.6 Å². The molecule has 0 aliphatic heterocycles. The van der Waals surface area contributed by atoms with Gasteiger partial charge in [-0.3, -0.25) is 9.59 Å². The van der Waals surface area contributed by atoms with E-state index in [9.17, 15) is 29.4 Å². The predicted molar refractivity (Wildman–Crippen MR) is 125 cm³/mol. The molecule has 170 valence electrons. The highest BCUT2D eigenvalue weighted by atomic mass is 16.4. The Kier molecular flexibility index (Phi) is 8.87. The number of benzene rings is 2. The van der Waals surface area contributed by atoms with Crippen LogP contribution in [-0.4, -0.2) is 34.0 Å². The van der Waals surface area contributed by atoms with E-state index < -0.39 is 23.8 Å². The second-order valence-corrected chi connectivity index (χ2v) is 6.51. The lowest BCUT2D eigenvalue weighted by Gasteiger charge is -2.10. The molecule has 0 atom stereocenters. The van der Waals surface area contributed by atoms with Crippen molar-refractivity contribution in [1.29, 1.82) is 0 Å². The molecule has 0 aromatic heterocycles. The SMILES string of the molecule is CC.O=C(Nc1ccccc1C(=O)O)C1=CCC=CC(C(=O)Nc2ccccc2C(=O)O)=C1. The Balaban J connectivity index is 0.00000187. The Labute approximate surface area is 190 Å². The Morgan fingerprint density at radius 3 is 1.67 bits per heavy atom. The predicted octanol–water partition coefficient (Wildman–Crippen LogP) is 4.50. The van der Waals surface area contributed by atoms with Gasteiger partial charge in [0.15, 0.2) is 0 Å². The van der Waals surface area contributed by atoms with E-state index in [1.165, 1.54) is 36.4 Å². The van der Waals surface area contributed by atoms with Crippen LogP contribution in [-0.2, 0) is 9.59 Å². The van der Waals surface area contributed by atoms with E-state index in [0.717, 1.165) is 0 Å². The maximum Gasteiger partial charge on any atom is 0.337 e. The summed E-state index contributed by atoms with van der Waals surface area (Å²) in [4.78, 5) is 48.1. The number of hydrogen-bond donors (Lipinski definition) is 4. The van der Waals surface area contributed by atoms with Gasteiger partial charge in [-0.25, -0.2) is 9.59 Å². The summed E-state index contributed by atoms with van der Waals surface area (Å²) >= 11 is 0. The second kappa shape index (κ2) is 11.8. The fourth-order valence-electron chi connectivity index (χ4n) is 2.91. The lowest BCUT2D eigenvalue weighted by molar-refractivity contribution is -0.112. The van der Waals surface area contributed by atoms with Crippen LogP contribution in [0.25, 0.3) is 0 Å². The zero-order chi connectivity index (χ0) is 24.4. The quantitative estimate of drug-likeness (QED) is 0.514. The van der Waals surface area contributed by atoms with Crippen molar-refractivity contribution in [3.8, 4) is 0 Å². The molecule has 1 aliphatic rings. The third-order valence-electron chi connectivity index (χ3n) is 4.42. The summed E-state index contributed by atoms with van der Waals surface area (Å²) in [6, 6.07) is 12.0. The van der Waals surface area contributed by atoms with Crippen LogP contribution in [0, 0.1) is 0 Å². The van der Waals surface area contributed by atoms with Crippen molar-refractivity contribution in [1.82, 2.24) is 0 Å². The Hall–Kier alpha value is -4.46. The molecule has 8 heteroatoms. The van der Waals surface area contributed by atoms with Crippen molar-refractivity contribution in [3.05, 3.63) is 95.1 Å². The summed E-state index contributed by atoms with van der Waals surface area (Å²) in [7, 11) is 0. The molecule has 0 bridgehead atoms. The lowest BCUT2D eigenvalue weighted by atomic mass is 10.1. The first-order chi connectivity index (χ1) is 15.9. The van der Waals surface area contributed by atoms with Crippen LogP contribution in [0.15, 0.2) is 84.0 Å². The first-order valence-electron chi connectivity index (χ1n) is 10.2. The fourth-order valence-corrected chi connectivity index (χ4v) is 2.91. The molecule has 0 saturated carbocycles. The van der Waals surface area contributed by atoms with Crippen LogP contribution in [0.3, 0.4) is 0 Å². The van der Waals surface area contributed by atoms with Crippen molar-refractivity contribution in [2.24, 2.45) is 0 Å². The smallest absolute Gasteiger partial charge is 0.337 e. The van der Waals surface area contributed by atoms with Crippen LogP contribution in [0.1, 0.15) is 41.0 Å². The molecular weight excluding hydrogens is 424 g/mol. The first-order valence-corrected chi connectivity index (χ1v) is 10.2. The highest BCUT2D eigenvalue weighted by Crippen LogP contribution is 2.20. The summed E-state index contributed by atoms with van der Waals surface area (Å²) in [5, 5.41) is 23.6. The summed E-state index contributed by atoms with van der Waals surface area (Å²) in [5.41, 5.74) is 0.451. The lowest BCUT2D eigenvalue weighted by Crippen LogP contribution is -2.18. The summed E-state index contributed by atoms with van der Waals surface area (Å²) < 4.78 is 0. The van der Waals surface area contributed by atoms with Gasteiger partial charge in [-0.05, 0) is 36.8 Å². The zero-order valence-corrected chi connectivity index (χ0v) is 18.2. The molecule has 4 N–H and O–H groups in total. The normalized spacial score (nSPS) is 12.2. The summed E-state index contributed by atoms with van der Waals surface area (Å²) in [5.74, 6) is -3.52. The highest BCUT2D eigenvalue weighted by Gasteiger charge is 2.18. The third-order valence-corrected chi connectivity index (χ3v) is 4.42. The number of nitrogens with one attached hydrogen (secondary N) is 2. The van der Waals surface area contributed by atoms with E-state index in [1.807, 2.05) is 13.8 Å². The number of carboxylic acid groups (broad SMARTS) is 2. The van der Waals surface area contributed by atoms with Gasteiger partial charge >= 0.3 is 11.9 Å². The van der Waals surface area contributed by atoms with E-state index in [4.69, 9.17) is 0 Å². The van der Waals surface area contributed by atoms with Gasteiger partial charge in [0, 0.05) is 11.1 Å². The molecular formula is C25H24N2O6. The molecule has 2 amide bonds. The number of amides is 2. The minimum absolute atomic E-state index is 0.0598. The fraction of sp³-hybridized carbons (Fsp3) is 0.120. The van der Waals surface area contributed by atoms with E-state index in [0.29, 0.717) is 6.42 Å². The van der Waals surface area contributed by atoms with E-state index >= 15 is 0 Å². The number of para-hydroxylation sites is 2. The van der Waals surface area contributed by atoms with E-state index in [2.05, 4.69) is 10.6 Å². The number of hydrogen-bond acceptors (Lipinski definition) is 4. The standard InChI is InChI=1S/C23H18N2O6.C2H6/c26-20(24-18-11-5-3-9-16(18)22(28)29)14-7-1-2-8-15(13-14)21(27)25-19-12-6-4-10-17(19)23(30)31;1-2/h1,3-13H,2H2,(H,24,26)(H,25,27)(H,28,29)(H,30,31);1-2H3. The van der Waals surface area contributed by atoms with Crippen molar-refractivity contribution < 1.29 is 29.4 Å². The van der Waals surface area contributed by atoms with Crippen LogP contribution in [0.2, 0.25) is 0 Å². The average molecular weight is 448 g/mol. The van der Waals surface area contributed by atoms with Crippen LogP contribution in [0.4, 0.5) is 11.4 Å². The molecule has 8 nitrogen and oxygen atoms in total. The number of carbonyl (C=O) groups excluding carboxylic acids is 2. The molecule has 0 spiro atoms. The largest absolute Gasteiger partial charge is 0.478 e. The van der Waals surface area contributed by atoms with Gasteiger partial charge in [-0.1, -0.05) is 56.3 Å². The minimum Gasteiger partial charge on any atom is -0.478 e. The monoisotopic (exact) mass is 448 g/mol. The summed E-state index contributed by atoms with van der Waals surface area (Å²) in [6.45, 7) is 4.00. The van der Waals surface area contributed by atoms with Gasteiger partial charge in [0.1, 0.15) is 0 Å². The molecule has 2 aromatic rings. The highest BCUT2D eigenvalue weighted by molar-refractivity contribution is 6.13. The molecule has 2 aromatic carbocycles. The molecule has 0 fully saturated rings. The maximum absolute atomic E-state index is 12.7. The molecule has 33 heavy (non-hydrogen) atoms. The maximum atomic E-state index is 12.7. The Morgan fingerprint density at radius 1 is 0.727 bits per heavy atom. The number of carbonyl (C=O) groups is 4. The van der Waals surface area contributed by atoms with Gasteiger partial charge in [0.2, 0.25) is 0 Å². The van der Waals surface area contributed by atoms with E-state index in [-0.39, 0.29) is 33.6 Å². The zero-order valence-electron chi connectivity index (χ0n) is 18.2. The molecule has 0 heterocycles. The van der Waals surface area contributed by atoms with Gasteiger partial charge in [-0.15, -0.1) is 0 Å². The van der Waals surface area contributed by atoms with Crippen molar-refractivity contribution in [3.63, 3.8) is 0 Å². The number of anilines is 2. The van der Waals surface area contributed by atoms with Crippen LogP contribution >= 0.6 is 0 Å². The molecule has 0 radical (unpaired) electrons. The third kappa shape index (κ3) is 6.51. The molecule has 1 aliphatic carbocycles. The first kappa shape index (κ1) is 24.8. The average Bonchev–Trinajstić information content (AvgIpc) is 3.07. The number of rotatable bonds is 6. The second-order valence-electron chi connectivity index (χ2n) is 6.51. The molecule has 0 saturated heterocycles. The minimum atomic E-state index is -1.18. The van der Waals surface area contributed by atoms with Gasteiger partial charge in [0.05, 0.1) is 22.5 Å². The van der Waals surface area contributed by atoms with E-state index in [1.54, 1.807) is 36.4 Å². The Bertz CT molecular complexity index is 1160. The van der Waals surface area contributed by atoms with Gasteiger partial charge in [0.25, 0.3) is 11.8 Å².